The van der Waals surface area contributed by atoms with Gasteiger partial charge < -0.3 is 25.5 Å². The Morgan fingerprint density at radius 3 is 2.69 bits per heavy atom. The number of guanidine groups is 1. The van der Waals surface area contributed by atoms with Crippen molar-refractivity contribution in [2.75, 3.05) is 13.2 Å². The number of carbonyl (C=O) groups is 1. The van der Waals surface area contributed by atoms with Gasteiger partial charge in [-0.2, -0.15) is 0 Å². The first kappa shape index (κ1) is 24.7. The molecule has 1 aromatic heterocycles. The SMILES string of the molecule is CCNC(=NCc1cccc(OCC(N)=O)c1)NCc1ncc(C(C)(C)C)o1.I. The second kappa shape index (κ2) is 11.6. The topological polar surface area (TPSA) is 115 Å². The van der Waals surface area contributed by atoms with Gasteiger partial charge in [0.1, 0.15) is 11.5 Å². The highest BCUT2D eigenvalue weighted by atomic mass is 127. The molecule has 1 aromatic carbocycles. The van der Waals surface area contributed by atoms with E-state index in [0.29, 0.717) is 30.7 Å². The standard InChI is InChI=1S/C20H29N5O3.HI/c1-5-22-19(25-12-18-23-11-16(28-18)20(2,3)4)24-10-14-7-6-8-15(9-14)27-13-17(21)26;/h6-9,11H,5,10,12-13H2,1-4H3,(H2,21,26)(H2,22,24,25);1H. The maximum Gasteiger partial charge on any atom is 0.255 e. The Morgan fingerprint density at radius 1 is 1.31 bits per heavy atom. The number of halogens is 1. The summed E-state index contributed by atoms with van der Waals surface area (Å²) in [6, 6.07) is 7.39. The normalized spacial score (nSPS) is 11.5. The smallest absolute Gasteiger partial charge is 0.255 e. The molecule has 0 fully saturated rings. The summed E-state index contributed by atoms with van der Waals surface area (Å²) in [5.74, 6) is 2.18. The molecule has 0 spiro atoms. The molecule has 0 aliphatic carbocycles. The number of aromatic nitrogens is 1. The number of hydrogen-bond acceptors (Lipinski definition) is 5. The Morgan fingerprint density at radius 2 is 2.07 bits per heavy atom. The van der Waals surface area contributed by atoms with Gasteiger partial charge in [-0.3, -0.25) is 4.79 Å². The van der Waals surface area contributed by atoms with Gasteiger partial charge in [-0.05, 0) is 24.6 Å². The summed E-state index contributed by atoms with van der Waals surface area (Å²) in [6.45, 7) is 9.70. The Balaban J connectivity index is 0.00000420. The maximum absolute atomic E-state index is 10.8. The Kier molecular flexibility index (Phi) is 9.93. The summed E-state index contributed by atoms with van der Waals surface area (Å²) in [6.07, 6.45) is 1.76. The molecule has 0 aliphatic heterocycles. The van der Waals surface area contributed by atoms with E-state index in [0.717, 1.165) is 17.9 Å². The molecule has 2 rings (SSSR count). The number of hydrogen-bond donors (Lipinski definition) is 3. The van der Waals surface area contributed by atoms with E-state index in [4.69, 9.17) is 14.9 Å². The summed E-state index contributed by atoms with van der Waals surface area (Å²) < 4.78 is 11.1. The van der Waals surface area contributed by atoms with Crippen LogP contribution in [-0.2, 0) is 23.3 Å². The van der Waals surface area contributed by atoms with Crippen molar-refractivity contribution in [2.45, 2.75) is 46.2 Å². The number of carbonyl (C=O) groups excluding carboxylic acids is 1. The average molecular weight is 515 g/mol. The van der Waals surface area contributed by atoms with E-state index >= 15 is 0 Å². The molecule has 2 aromatic rings. The van der Waals surface area contributed by atoms with E-state index in [1.807, 2.05) is 25.1 Å². The zero-order chi connectivity index (χ0) is 20.6. The van der Waals surface area contributed by atoms with Crippen LogP contribution in [0.1, 0.15) is 44.9 Å². The van der Waals surface area contributed by atoms with Gasteiger partial charge in [0.05, 0.1) is 19.3 Å². The highest BCUT2D eigenvalue weighted by Crippen LogP contribution is 2.22. The van der Waals surface area contributed by atoms with Gasteiger partial charge in [0.2, 0.25) is 5.89 Å². The number of aliphatic imine (C=N–C) groups is 1. The first-order valence-corrected chi connectivity index (χ1v) is 9.25. The number of primary amides is 1. The van der Waals surface area contributed by atoms with Crippen molar-refractivity contribution in [1.29, 1.82) is 0 Å². The van der Waals surface area contributed by atoms with Gasteiger partial charge in [0.15, 0.2) is 12.6 Å². The molecular formula is C20H30IN5O3. The minimum Gasteiger partial charge on any atom is -0.484 e. The molecular weight excluding hydrogens is 485 g/mol. The summed E-state index contributed by atoms with van der Waals surface area (Å²) in [4.78, 5) is 19.7. The van der Waals surface area contributed by atoms with Gasteiger partial charge in [0, 0.05) is 12.0 Å². The molecule has 0 saturated heterocycles. The lowest BCUT2D eigenvalue weighted by Gasteiger charge is -2.13. The van der Waals surface area contributed by atoms with Gasteiger partial charge in [-0.15, -0.1) is 24.0 Å². The lowest BCUT2D eigenvalue weighted by atomic mass is 9.94. The van der Waals surface area contributed by atoms with E-state index in [9.17, 15) is 4.79 Å². The molecule has 0 radical (unpaired) electrons. The van der Waals surface area contributed by atoms with Gasteiger partial charge in [-0.1, -0.05) is 32.9 Å². The van der Waals surface area contributed by atoms with E-state index in [-0.39, 0.29) is 36.0 Å². The molecule has 160 valence electrons. The monoisotopic (exact) mass is 515 g/mol. The number of amides is 1. The fraction of sp³-hybridized carbons (Fsp3) is 0.450. The lowest BCUT2D eigenvalue weighted by Crippen LogP contribution is -2.36. The minimum absolute atomic E-state index is 0. The van der Waals surface area contributed by atoms with Crippen molar-refractivity contribution in [2.24, 2.45) is 10.7 Å². The average Bonchev–Trinajstić information content (AvgIpc) is 3.12. The molecule has 1 amide bonds. The second-order valence-electron chi connectivity index (χ2n) is 7.32. The predicted octanol–water partition coefficient (Wildman–Crippen LogP) is 2.71. The van der Waals surface area contributed by atoms with Crippen LogP contribution in [0.5, 0.6) is 5.75 Å². The van der Waals surface area contributed by atoms with Crippen molar-refractivity contribution >= 4 is 35.8 Å². The van der Waals surface area contributed by atoms with E-state index in [1.54, 1.807) is 12.3 Å². The van der Waals surface area contributed by atoms with Gasteiger partial charge in [-0.25, -0.2) is 9.98 Å². The molecule has 29 heavy (non-hydrogen) atoms. The van der Waals surface area contributed by atoms with Crippen molar-refractivity contribution < 1.29 is 13.9 Å². The number of ether oxygens (including phenoxy) is 1. The third kappa shape index (κ3) is 8.71. The third-order valence-corrected chi connectivity index (χ3v) is 3.74. The summed E-state index contributed by atoms with van der Waals surface area (Å²) in [5.41, 5.74) is 5.97. The van der Waals surface area contributed by atoms with Crippen LogP contribution in [0.4, 0.5) is 0 Å². The summed E-state index contributed by atoms with van der Waals surface area (Å²) in [5, 5.41) is 6.41. The second-order valence-corrected chi connectivity index (χ2v) is 7.32. The molecule has 0 unspecified atom stereocenters. The maximum atomic E-state index is 10.8. The first-order valence-electron chi connectivity index (χ1n) is 9.25. The number of benzene rings is 1. The zero-order valence-corrected chi connectivity index (χ0v) is 19.7. The fourth-order valence-electron chi connectivity index (χ4n) is 2.30. The zero-order valence-electron chi connectivity index (χ0n) is 17.3. The molecule has 8 nitrogen and oxygen atoms in total. The number of nitrogens with two attached hydrogens (primary N) is 1. The van der Waals surface area contributed by atoms with Crippen molar-refractivity contribution in [1.82, 2.24) is 15.6 Å². The van der Waals surface area contributed by atoms with E-state index in [2.05, 4.69) is 41.4 Å². The number of nitrogens with zero attached hydrogens (tertiary/aromatic N) is 2. The van der Waals surface area contributed by atoms with Crippen LogP contribution in [-0.4, -0.2) is 30.0 Å². The van der Waals surface area contributed by atoms with Crippen LogP contribution in [0, 0.1) is 0 Å². The summed E-state index contributed by atoms with van der Waals surface area (Å²) in [7, 11) is 0. The van der Waals surface area contributed by atoms with Crippen LogP contribution in [0.2, 0.25) is 0 Å². The molecule has 0 bridgehead atoms. The third-order valence-electron chi connectivity index (χ3n) is 3.74. The highest BCUT2D eigenvalue weighted by molar-refractivity contribution is 14.0. The molecule has 0 saturated carbocycles. The Hall–Kier alpha value is -2.30. The molecule has 1 heterocycles. The van der Waals surface area contributed by atoms with Crippen molar-refractivity contribution in [3.63, 3.8) is 0 Å². The molecule has 0 aliphatic rings. The molecule has 4 N–H and O–H groups in total. The minimum atomic E-state index is -0.511. The predicted molar refractivity (Wildman–Crippen MR) is 123 cm³/mol. The Labute approximate surface area is 188 Å². The van der Waals surface area contributed by atoms with E-state index < -0.39 is 5.91 Å². The van der Waals surface area contributed by atoms with Gasteiger partial charge >= 0.3 is 0 Å². The van der Waals surface area contributed by atoms with Crippen molar-refractivity contribution in [3.05, 3.63) is 47.7 Å². The number of rotatable bonds is 8. The van der Waals surface area contributed by atoms with E-state index in [1.165, 1.54) is 0 Å². The van der Waals surface area contributed by atoms with Crippen molar-refractivity contribution in [3.8, 4) is 5.75 Å². The quantitative estimate of drug-likeness (QED) is 0.283. The Bertz CT molecular complexity index is 814. The van der Waals surface area contributed by atoms with Crippen LogP contribution < -0.4 is 21.1 Å². The van der Waals surface area contributed by atoms with Crippen LogP contribution >= 0.6 is 24.0 Å². The van der Waals surface area contributed by atoms with Crippen LogP contribution in [0.3, 0.4) is 0 Å². The van der Waals surface area contributed by atoms with Gasteiger partial charge in [0.25, 0.3) is 5.91 Å². The lowest BCUT2D eigenvalue weighted by molar-refractivity contribution is -0.119. The largest absolute Gasteiger partial charge is 0.484 e. The summed E-state index contributed by atoms with van der Waals surface area (Å²) >= 11 is 0. The van der Waals surface area contributed by atoms with Crippen LogP contribution in [0.15, 0.2) is 39.9 Å². The fourth-order valence-corrected chi connectivity index (χ4v) is 2.30. The highest BCUT2D eigenvalue weighted by Gasteiger charge is 2.19. The molecule has 9 heteroatoms. The molecule has 0 atom stereocenters. The number of oxazole rings is 1. The van der Waals surface area contributed by atoms with Crippen LogP contribution in [0.25, 0.3) is 0 Å². The number of nitrogens with one attached hydrogen (secondary N) is 2. The first-order chi connectivity index (χ1) is 13.3.